The third-order valence-electron chi connectivity index (χ3n) is 2.71. The van der Waals surface area contributed by atoms with Gasteiger partial charge in [-0.2, -0.15) is 5.10 Å². The van der Waals surface area contributed by atoms with Crippen LogP contribution in [0.25, 0.3) is 0 Å². The second kappa shape index (κ2) is 6.63. The predicted molar refractivity (Wildman–Crippen MR) is 71.7 cm³/mol. The fraction of sp³-hybridized carbons (Fsp3) is 0.500. The minimum absolute atomic E-state index is 0.0978. The Morgan fingerprint density at radius 2 is 2.44 bits per heavy atom. The van der Waals surface area contributed by atoms with Gasteiger partial charge in [0.05, 0.1) is 36.1 Å². The van der Waals surface area contributed by atoms with Crippen molar-refractivity contribution in [2.45, 2.75) is 19.5 Å². The molecule has 2 aromatic rings. The summed E-state index contributed by atoms with van der Waals surface area (Å²) in [7, 11) is 1.70. The lowest BCUT2D eigenvalue weighted by Crippen LogP contribution is -2.25. The van der Waals surface area contributed by atoms with Crippen LogP contribution in [0.4, 0.5) is 0 Å². The van der Waals surface area contributed by atoms with Crippen LogP contribution in [0.2, 0.25) is 0 Å². The molecule has 0 spiro atoms. The smallest absolute Gasteiger partial charge is 0.0930 e. The normalized spacial score (nSPS) is 12.8. The van der Waals surface area contributed by atoms with Crippen LogP contribution in [0.15, 0.2) is 23.2 Å². The first kappa shape index (κ1) is 13.2. The first-order chi connectivity index (χ1) is 8.86. The minimum atomic E-state index is 0.0978. The maximum atomic E-state index is 5.11. The molecule has 2 aromatic heterocycles. The zero-order chi connectivity index (χ0) is 12.8. The Bertz CT molecular complexity index is 454. The van der Waals surface area contributed by atoms with Gasteiger partial charge in [-0.05, 0) is 12.6 Å². The molecule has 98 valence electrons. The highest BCUT2D eigenvalue weighted by Gasteiger charge is 2.18. The van der Waals surface area contributed by atoms with Gasteiger partial charge in [0.2, 0.25) is 0 Å². The molecule has 1 atom stereocenters. The van der Waals surface area contributed by atoms with Crippen molar-refractivity contribution >= 4 is 11.3 Å². The molecule has 0 aromatic carbocycles. The molecule has 0 aliphatic rings. The van der Waals surface area contributed by atoms with E-state index in [4.69, 9.17) is 4.74 Å². The van der Waals surface area contributed by atoms with Gasteiger partial charge in [-0.3, -0.25) is 4.68 Å². The molecule has 0 aliphatic heterocycles. The lowest BCUT2D eigenvalue weighted by atomic mass is 10.1. The molecule has 0 fully saturated rings. The van der Waals surface area contributed by atoms with Gasteiger partial charge in [0.15, 0.2) is 0 Å². The van der Waals surface area contributed by atoms with Gasteiger partial charge in [-0.15, -0.1) is 11.3 Å². The van der Waals surface area contributed by atoms with E-state index < -0.39 is 0 Å². The van der Waals surface area contributed by atoms with Crippen molar-refractivity contribution in [3.63, 3.8) is 0 Å². The Balaban J connectivity index is 2.23. The van der Waals surface area contributed by atoms with Gasteiger partial charge in [-0.25, -0.2) is 4.98 Å². The quantitative estimate of drug-likeness (QED) is 0.828. The maximum absolute atomic E-state index is 5.11. The molecule has 0 saturated carbocycles. The van der Waals surface area contributed by atoms with Gasteiger partial charge >= 0.3 is 0 Å². The van der Waals surface area contributed by atoms with Crippen molar-refractivity contribution < 1.29 is 4.74 Å². The van der Waals surface area contributed by atoms with E-state index in [1.807, 2.05) is 22.5 Å². The van der Waals surface area contributed by atoms with Gasteiger partial charge < -0.3 is 10.1 Å². The molecule has 2 rings (SSSR count). The van der Waals surface area contributed by atoms with Crippen LogP contribution >= 0.6 is 11.3 Å². The Kier molecular flexibility index (Phi) is 4.86. The molecule has 0 radical (unpaired) electrons. The fourth-order valence-electron chi connectivity index (χ4n) is 1.88. The van der Waals surface area contributed by atoms with Crippen LogP contribution in [0.3, 0.4) is 0 Å². The van der Waals surface area contributed by atoms with Crippen molar-refractivity contribution in [2.24, 2.45) is 0 Å². The number of ether oxygens (including phenoxy) is 1. The van der Waals surface area contributed by atoms with Crippen molar-refractivity contribution in [1.29, 1.82) is 0 Å². The summed E-state index contributed by atoms with van der Waals surface area (Å²) in [5.74, 6) is 0. The van der Waals surface area contributed by atoms with E-state index in [0.717, 1.165) is 24.5 Å². The summed E-state index contributed by atoms with van der Waals surface area (Å²) < 4.78 is 7.07. The third kappa shape index (κ3) is 2.95. The summed E-state index contributed by atoms with van der Waals surface area (Å²) in [5.41, 5.74) is 4.02. The Morgan fingerprint density at radius 3 is 3.11 bits per heavy atom. The molecule has 18 heavy (non-hydrogen) atoms. The first-order valence-electron chi connectivity index (χ1n) is 5.99. The molecule has 1 unspecified atom stereocenters. The number of hydrogen-bond donors (Lipinski definition) is 1. The molecular weight excluding hydrogens is 248 g/mol. The summed E-state index contributed by atoms with van der Waals surface area (Å²) in [6.07, 6.45) is 1.82. The molecule has 6 heteroatoms. The van der Waals surface area contributed by atoms with Crippen LogP contribution in [0.1, 0.15) is 24.4 Å². The number of nitrogens with zero attached hydrogens (tertiary/aromatic N) is 3. The standard InChI is InChI=1S/C12H18N4OS/c1-3-13-12(10-8-18-9-14-10)11-4-5-15-16(11)6-7-17-2/h4-5,8-9,12-13H,3,6-7H2,1-2H3. The van der Waals surface area contributed by atoms with Gasteiger partial charge in [0.1, 0.15) is 0 Å². The van der Waals surface area contributed by atoms with E-state index in [1.165, 1.54) is 0 Å². The van der Waals surface area contributed by atoms with E-state index in [2.05, 4.69) is 27.7 Å². The highest BCUT2D eigenvalue weighted by Crippen LogP contribution is 2.21. The summed E-state index contributed by atoms with van der Waals surface area (Å²) in [4.78, 5) is 4.40. The summed E-state index contributed by atoms with van der Waals surface area (Å²) >= 11 is 1.61. The first-order valence-corrected chi connectivity index (χ1v) is 6.93. The van der Waals surface area contributed by atoms with Crippen LogP contribution in [-0.2, 0) is 11.3 Å². The number of methoxy groups -OCH3 is 1. The fourth-order valence-corrected chi connectivity index (χ4v) is 2.46. The molecule has 1 N–H and O–H groups in total. The number of thiazole rings is 1. The van der Waals surface area contributed by atoms with Crippen LogP contribution in [0, 0.1) is 0 Å². The van der Waals surface area contributed by atoms with Gasteiger partial charge in [0, 0.05) is 18.7 Å². The molecule has 0 saturated heterocycles. The van der Waals surface area contributed by atoms with Crippen LogP contribution in [-0.4, -0.2) is 35.0 Å². The average Bonchev–Trinajstić information content (AvgIpc) is 3.04. The van der Waals surface area contributed by atoms with Crippen molar-refractivity contribution in [3.05, 3.63) is 34.5 Å². The highest BCUT2D eigenvalue weighted by atomic mass is 32.1. The predicted octanol–water partition coefficient (Wildman–Crippen LogP) is 1.68. The van der Waals surface area contributed by atoms with E-state index in [0.29, 0.717) is 6.61 Å². The summed E-state index contributed by atoms with van der Waals surface area (Å²) in [6, 6.07) is 2.13. The molecule has 0 aliphatic carbocycles. The minimum Gasteiger partial charge on any atom is -0.383 e. The summed E-state index contributed by atoms with van der Waals surface area (Å²) in [6.45, 7) is 4.39. The topological polar surface area (TPSA) is 52.0 Å². The van der Waals surface area contributed by atoms with Crippen LogP contribution < -0.4 is 5.32 Å². The Labute approximate surface area is 111 Å². The number of rotatable bonds is 7. The highest BCUT2D eigenvalue weighted by molar-refractivity contribution is 7.07. The number of aromatic nitrogens is 3. The van der Waals surface area contributed by atoms with E-state index in [9.17, 15) is 0 Å². The van der Waals surface area contributed by atoms with Gasteiger partial charge in [-0.1, -0.05) is 6.92 Å². The van der Waals surface area contributed by atoms with Crippen molar-refractivity contribution in [2.75, 3.05) is 20.3 Å². The van der Waals surface area contributed by atoms with E-state index in [-0.39, 0.29) is 6.04 Å². The molecular formula is C12H18N4OS. The van der Waals surface area contributed by atoms with Crippen LogP contribution in [0.5, 0.6) is 0 Å². The molecule has 0 bridgehead atoms. The number of nitrogens with one attached hydrogen (secondary N) is 1. The zero-order valence-corrected chi connectivity index (χ0v) is 11.5. The van der Waals surface area contributed by atoms with Gasteiger partial charge in [0.25, 0.3) is 0 Å². The maximum Gasteiger partial charge on any atom is 0.0930 e. The zero-order valence-electron chi connectivity index (χ0n) is 10.7. The molecule has 2 heterocycles. The number of hydrogen-bond acceptors (Lipinski definition) is 5. The summed E-state index contributed by atoms with van der Waals surface area (Å²) in [5, 5.41) is 9.86. The van der Waals surface area contributed by atoms with E-state index in [1.54, 1.807) is 18.4 Å². The molecule has 5 nitrogen and oxygen atoms in total. The monoisotopic (exact) mass is 266 g/mol. The van der Waals surface area contributed by atoms with Crippen molar-refractivity contribution in [1.82, 2.24) is 20.1 Å². The lowest BCUT2D eigenvalue weighted by molar-refractivity contribution is 0.182. The average molecular weight is 266 g/mol. The Morgan fingerprint density at radius 1 is 1.56 bits per heavy atom. The lowest BCUT2D eigenvalue weighted by Gasteiger charge is -2.17. The second-order valence-corrected chi connectivity index (χ2v) is 4.59. The second-order valence-electron chi connectivity index (χ2n) is 3.88. The third-order valence-corrected chi connectivity index (χ3v) is 3.31. The van der Waals surface area contributed by atoms with Crippen molar-refractivity contribution in [3.8, 4) is 0 Å². The molecule has 0 amide bonds. The SMILES string of the molecule is CCNC(c1cscn1)c1ccnn1CCOC. The van der Waals surface area contributed by atoms with E-state index >= 15 is 0 Å². The Hall–Kier alpha value is -1.24. The largest absolute Gasteiger partial charge is 0.383 e.